The third-order valence-corrected chi connectivity index (χ3v) is 5.98. The zero-order valence-corrected chi connectivity index (χ0v) is 16.9. The van der Waals surface area contributed by atoms with Crippen molar-refractivity contribution in [1.82, 2.24) is 5.32 Å². The first-order chi connectivity index (χ1) is 14.7. The van der Waals surface area contributed by atoms with Gasteiger partial charge in [0.15, 0.2) is 0 Å². The van der Waals surface area contributed by atoms with Crippen LogP contribution in [0.5, 0.6) is 0 Å². The monoisotopic (exact) mass is 413 g/mol. The first-order valence-corrected chi connectivity index (χ1v) is 10.5. The molecule has 3 aromatic carbocycles. The number of carbonyl (C=O) groups excluding carboxylic acids is 2. The van der Waals surface area contributed by atoms with Crippen LogP contribution in [0, 0.1) is 11.3 Å². The van der Waals surface area contributed by atoms with Gasteiger partial charge in [-0.25, -0.2) is 0 Å². The molecule has 1 aliphatic rings. The van der Waals surface area contributed by atoms with Gasteiger partial charge in [0.2, 0.25) is 11.8 Å². The summed E-state index contributed by atoms with van der Waals surface area (Å²) in [6.07, 6.45) is 0.206. The minimum absolute atomic E-state index is 0.0952. The van der Waals surface area contributed by atoms with Crippen LogP contribution in [-0.4, -0.2) is 17.6 Å². The van der Waals surface area contributed by atoms with Crippen molar-refractivity contribution in [2.75, 3.05) is 11.1 Å². The summed E-state index contributed by atoms with van der Waals surface area (Å²) in [5.74, 6) is -0.595. The Kier molecular flexibility index (Phi) is 5.82. The Morgan fingerprint density at radius 2 is 1.80 bits per heavy atom. The minimum Gasteiger partial charge on any atom is -0.325 e. The lowest BCUT2D eigenvalue weighted by molar-refractivity contribution is -0.121. The van der Waals surface area contributed by atoms with Gasteiger partial charge >= 0.3 is 0 Å². The summed E-state index contributed by atoms with van der Waals surface area (Å²) in [6.45, 7) is 0. The van der Waals surface area contributed by atoms with Crippen molar-refractivity contribution in [1.29, 1.82) is 5.26 Å². The zero-order valence-electron chi connectivity index (χ0n) is 16.1. The number of para-hydroxylation sites is 1. The first kappa shape index (κ1) is 19.7. The van der Waals surface area contributed by atoms with Crippen molar-refractivity contribution >= 4 is 40.0 Å². The number of fused-ring (bicyclic) bond motifs is 1. The van der Waals surface area contributed by atoms with Gasteiger partial charge in [0.25, 0.3) is 0 Å². The standard InChI is InChI=1S/C24H19N3O2S/c25-14-21-20(19-12-6-8-16-7-4-5-11-18(16)19)13-22(28)27-24(21)30-15-23(29)26-17-9-2-1-3-10-17/h1-12,20H,13,15H2,(H,26,29)(H,27,28). The fraction of sp³-hybridized carbons (Fsp3) is 0.125. The molecule has 148 valence electrons. The zero-order chi connectivity index (χ0) is 20.9. The summed E-state index contributed by atoms with van der Waals surface area (Å²) < 4.78 is 0. The molecule has 3 aromatic rings. The number of nitriles is 1. The second-order valence-corrected chi connectivity index (χ2v) is 7.92. The normalized spacial score (nSPS) is 16.1. The smallest absolute Gasteiger partial charge is 0.234 e. The second-order valence-electron chi connectivity index (χ2n) is 6.93. The van der Waals surface area contributed by atoms with Crippen molar-refractivity contribution in [3.63, 3.8) is 0 Å². The summed E-state index contributed by atoms with van der Waals surface area (Å²) in [6, 6.07) is 25.3. The van der Waals surface area contributed by atoms with Gasteiger partial charge in [-0.1, -0.05) is 72.4 Å². The SMILES string of the molecule is N#CC1=C(SCC(=O)Nc2ccccc2)NC(=O)CC1c1cccc2ccccc12. The molecular weight excluding hydrogens is 394 g/mol. The van der Waals surface area contributed by atoms with Gasteiger partial charge in [-0.2, -0.15) is 5.26 Å². The van der Waals surface area contributed by atoms with Crippen LogP contribution in [0.4, 0.5) is 5.69 Å². The predicted octanol–water partition coefficient (Wildman–Crippen LogP) is 4.55. The molecule has 0 aromatic heterocycles. The molecule has 1 heterocycles. The van der Waals surface area contributed by atoms with Gasteiger partial charge in [-0.05, 0) is 28.5 Å². The quantitative estimate of drug-likeness (QED) is 0.643. The Morgan fingerprint density at radius 1 is 1.07 bits per heavy atom. The number of benzene rings is 3. The van der Waals surface area contributed by atoms with Crippen LogP contribution in [-0.2, 0) is 9.59 Å². The van der Waals surface area contributed by atoms with Gasteiger partial charge < -0.3 is 10.6 Å². The average Bonchev–Trinajstić information content (AvgIpc) is 2.77. The molecule has 1 unspecified atom stereocenters. The van der Waals surface area contributed by atoms with Gasteiger partial charge in [0.1, 0.15) is 0 Å². The second kappa shape index (κ2) is 8.85. The number of hydrogen-bond donors (Lipinski definition) is 2. The van der Waals surface area contributed by atoms with E-state index in [9.17, 15) is 14.9 Å². The van der Waals surface area contributed by atoms with Crippen LogP contribution < -0.4 is 10.6 Å². The number of amides is 2. The molecular formula is C24H19N3O2S. The van der Waals surface area contributed by atoms with Crippen molar-refractivity contribution in [2.24, 2.45) is 0 Å². The van der Waals surface area contributed by atoms with Crippen molar-refractivity contribution < 1.29 is 9.59 Å². The topological polar surface area (TPSA) is 82.0 Å². The molecule has 30 heavy (non-hydrogen) atoms. The number of thioether (sulfide) groups is 1. The van der Waals surface area contributed by atoms with Crippen molar-refractivity contribution in [3.05, 3.63) is 89.0 Å². The number of nitrogens with zero attached hydrogens (tertiary/aromatic N) is 1. The number of nitrogens with one attached hydrogen (secondary N) is 2. The van der Waals surface area contributed by atoms with Gasteiger partial charge in [-0.3, -0.25) is 9.59 Å². The lowest BCUT2D eigenvalue weighted by Crippen LogP contribution is -2.31. The lowest BCUT2D eigenvalue weighted by Gasteiger charge is -2.26. The Hall–Kier alpha value is -3.56. The van der Waals surface area contributed by atoms with Crippen molar-refractivity contribution in [2.45, 2.75) is 12.3 Å². The number of rotatable bonds is 5. The average molecular weight is 414 g/mol. The van der Waals surface area contributed by atoms with E-state index in [0.717, 1.165) is 16.3 Å². The van der Waals surface area contributed by atoms with E-state index < -0.39 is 0 Å². The Morgan fingerprint density at radius 3 is 2.60 bits per heavy atom. The molecule has 1 aliphatic heterocycles. The number of carbonyl (C=O) groups is 2. The molecule has 0 bridgehead atoms. The van der Waals surface area contributed by atoms with Gasteiger partial charge in [0, 0.05) is 18.0 Å². The predicted molar refractivity (Wildman–Crippen MR) is 120 cm³/mol. The van der Waals surface area contributed by atoms with Gasteiger partial charge in [-0.15, -0.1) is 0 Å². The Bertz CT molecular complexity index is 1180. The Labute approximate surface area is 178 Å². The van der Waals surface area contributed by atoms with E-state index in [1.165, 1.54) is 11.8 Å². The molecule has 2 N–H and O–H groups in total. The van der Waals surface area contributed by atoms with E-state index in [0.29, 0.717) is 16.3 Å². The number of allylic oxidation sites excluding steroid dienone is 1. The summed E-state index contributed by atoms with van der Waals surface area (Å²) in [5, 5.41) is 18.0. The van der Waals surface area contributed by atoms with E-state index in [-0.39, 0.29) is 29.9 Å². The lowest BCUT2D eigenvalue weighted by atomic mass is 9.84. The third-order valence-electron chi connectivity index (χ3n) is 4.96. The summed E-state index contributed by atoms with van der Waals surface area (Å²) in [5.41, 5.74) is 2.15. The molecule has 0 fully saturated rings. The fourth-order valence-corrected chi connectivity index (χ4v) is 4.49. The van der Waals surface area contributed by atoms with Crippen LogP contribution in [0.2, 0.25) is 0 Å². The van der Waals surface area contributed by atoms with Crippen LogP contribution in [0.25, 0.3) is 10.8 Å². The van der Waals surface area contributed by atoms with E-state index in [1.807, 2.05) is 72.8 Å². The highest BCUT2D eigenvalue weighted by Crippen LogP contribution is 2.38. The molecule has 6 heteroatoms. The highest BCUT2D eigenvalue weighted by Gasteiger charge is 2.30. The van der Waals surface area contributed by atoms with Crippen molar-refractivity contribution in [3.8, 4) is 6.07 Å². The minimum atomic E-state index is -0.338. The van der Waals surface area contributed by atoms with E-state index in [1.54, 1.807) is 0 Å². The molecule has 0 aliphatic carbocycles. The summed E-state index contributed by atoms with van der Waals surface area (Å²) in [4.78, 5) is 24.7. The molecule has 2 amide bonds. The maximum Gasteiger partial charge on any atom is 0.234 e. The maximum atomic E-state index is 12.4. The maximum absolute atomic E-state index is 12.4. The highest BCUT2D eigenvalue weighted by atomic mass is 32.2. The molecule has 0 saturated carbocycles. The number of anilines is 1. The van der Waals surface area contributed by atoms with E-state index >= 15 is 0 Å². The third kappa shape index (κ3) is 4.22. The molecule has 0 radical (unpaired) electrons. The molecule has 0 spiro atoms. The van der Waals surface area contributed by atoms with Crippen LogP contribution in [0.3, 0.4) is 0 Å². The molecule has 5 nitrogen and oxygen atoms in total. The van der Waals surface area contributed by atoms with E-state index in [2.05, 4.69) is 16.7 Å². The molecule has 1 atom stereocenters. The molecule has 4 rings (SSSR count). The largest absolute Gasteiger partial charge is 0.325 e. The Balaban J connectivity index is 1.60. The van der Waals surface area contributed by atoms with E-state index in [4.69, 9.17) is 0 Å². The fourth-order valence-electron chi connectivity index (χ4n) is 3.61. The van der Waals surface area contributed by atoms with Crippen LogP contribution in [0.1, 0.15) is 17.9 Å². The van der Waals surface area contributed by atoms with Crippen LogP contribution >= 0.6 is 11.8 Å². The molecule has 0 saturated heterocycles. The van der Waals surface area contributed by atoms with Gasteiger partial charge in [0.05, 0.1) is 22.4 Å². The highest BCUT2D eigenvalue weighted by molar-refractivity contribution is 8.03. The van der Waals surface area contributed by atoms with Crippen LogP contribution in [0.15, 0.2) is 83.4 Å². The number of hydrogen-bond acceptors (Lipinski definition) is 4. The first-order valence-electron chi connectivity index (χ1n) is 9.55. The summed E-state index contributed by atoms with van der Waals surface area (Å²) in [7, 11) is 0. The summed E-state index contributed by atoms with van der Waals surface area (Å²) >= 11 is 1.18.